The summed E-state index contributed by atoms with van der Waals surface area (Å²) >= 11 is 0. The van der Waals surface area contributed by atoms with Crippen LogP contribution in [0.25, 0.3) is 34.4 Å². The summed E-state index contributed by atoms with van der Waals surface area (Å²) in [6.45, 7) is 0.505. The summed E-state index contributed by atoms with van der Waals surface area (Å²) in [5, 5.41) is 0. The molecule has 0 aromatic heterocycles. The van der Waals surface area contributed by atoms with Crippen molar-refractivity contribution in [1.29, 1.82) is 0 Å². The van der Waals surface area contributed by atoms with Crippen molar-refractivity contribution >= 4 is 12.2 Å². The normalized spacial score (nSPS) is 10.9. The summed E-state index contributed by atoms with van der Waals surface area (Å²) in [4.78, 5) is 0. The molecule has 5 aromatic rings. The molecular weight excluding hydrogens is 440 g/mol. The minimum absolute atomic E-state index is 0.505. The van der Waals surface area contributed by atoms with Crippen molar-refractivity contribution in [3.8, 4) is 33.8 Å². The summed E-state index contributed by atoms with van der Waals surface area (Å²) in [6, 6.07) is 43.6. The number of hydrogen-bond donors (Lipinski definition) is 0. The maximum Gasteiger partial charge on any atom is 0.135 e. The third kappa shape index (κ3) is 5.39. The van der Waals surface area contributed by atoms with E-state index in [1.165, 1.54) is 0 Å². The molecule has 0 atom stereocenters. The Balaban J connectivity index is 1.53. The molecule has 0 fully saturated rings. The fraction of sp³-hybridized carbons (Fsp3) is 0.0588. The highest BCUT2D eigenvalue weighted by Gasteiger charge is 2.14. The van der Waals surface area contributed by atoms with Gasteiger partial charge in [-0.2, -0.15) is 0 Å². The van der Waals surface area contributed by atoms with Crippen molar-refractivity contribution in [3.05, 3.63) is 144 Å². The van der Waals surface area contributed by atoms with Crippen LogP contribution in [0.2, 0.25) is 0 Å². The van der Waals surface area contributed by atoms with E-state index in [1.54, 1.807) is 7.11 Å². The topological polar surface area (TPSA) is 18.5 Å². The highest BCUT2D eigenvalue weighted by atomic mass is 16.5. The van der Waals surface area contributed by atoms with Crippen LogP contribution in [-0.2, 0) is 6.61 Å². The monoisotopic (exact) mass is 468 g/mol. The molecule has 0 aliphatic carbocycles. The van der Waals surface area contributed by atoms with Crippen molar-refractivity contribution in [3.63, 3.8) is 0 Å². The number of rotatable bonds is 8. The Morgan fingerprint density at radius 2 is 1.22 bits per heavy atom. The third-order valence-electron chi connectivity index (χ3n) is 6.12. The maximum absolute atomic E-state index is 6.53. The summed E-state index contributed by atoms with van der Waals surface area (Å²) < 4.78 is 12.0. The molecule has 0 heterocycles. The molecule has 2 nitrogen and oxygen atoms in total. The average molecular weight is 469 g/mol. The molecule has 0 saturated heterocycles. The number of ether oxygens (including phenoxy) is 2. The van der Waals surface area contributed by atoms with E-state index in [2.05, 4.69) is 97.1 Å². The van der Waals surface area contributed by atoms with Gasteiger partial charge in [-0.15, -0.1) is 0 Å². The van der Waals surface area contributed by atoms with Gasteiger partial charge >= 0.3 is 0 Å². The molecule has 0 amide bonds. The second-order valence-electron chi connectivity index (χ2n) is 8.52. The van der Waals surface area contributed by atoms with Crippen LogP contribution in [0, 0.1) is 0 Å². The molecule has 0 aliphatic rings. The van der Waals surface area contributed by atoms with E-state index in [4.69, 9.17) is 9.47 Å². The zero-order valence-corrected chi connectivity index (χ0v) is 20.3. The Bertz CT molecular complexity index is 1450. The molecule has 0 spiro atoms. The van der Waals surface area contributed by atoms with E-state index >= 15 is 0 Å². The van der Waals surface area contributed by atoms with Crippen molar-refractivity contribution in [2.45, 2.75) is 6.61 Å². The van der Waals surface area contributed by atoms with Crippen molar-refractivity contribution < 1.29 is 9.47 Å². The van der Waals surface area contributed by atoms with E-state index < -0.39 is 0 Å². The molecule has 36 heavy (non-hydrogen) atoms. The Labute approximate surface area is 213 Å². The first-order valence-electron chi connectivity index (χ1n) is 12.1. The van der Waals surface area contributed by atoms with Crippen LogP contribution < -0.4 is 9.47 Å². The van der Waals surface area contributed by atoms with Crippen LogP contribution in [0.5, 0.6) is 11.5 Å². The van der Waals surface area contributed by atoms with Crippen molar-refractivity contribution in [2.24, 2.45) is 0 Å². The smallest absolute Gasteiger partial charge is 0.135 e. The average Bonchev–Trinajstić information content (AvgIpc) is 2.96. The van der Waals surface area contributed by atoms with Gasteiger partial charge in [0.1, 0.15) is 18.1 Å². The van der Waals surface area contributed by atoms with Gasteiger partial charge in [0.2, 0.25) is 0 Å². The van der Waals surface area contributed by atoms with Crippen LogP contribution >= 0.6 is 0 Å². The van der Waals surface area contributed by atoms with Gasteiger partial charge in [0.05, 0.1) is 7.11 Å². The van der Waals surface area contributed by atoms with E-state index in [0.29, 0.717) is 6.61 Å². The molecular formula is C34H28O2. The van der Waals surface area contributed by atoms with Crippen LogP contribution in [0.1, 0.15) is 16.7 Å². The molecule has 5 rings (SSSR count). The number of methoxy groups -OCH3 is 1. The lowest BCUT2D eigenvalue weighted by Crippen LogP contribution is -1.99. The van der Waals surface area contributed by atoms with E-state index in [9.17, 15) is 0 Å². The van der Waals surface area contributed by atoms with Gasteiger partial charge in [-0.3, -0.25) is 0 Å². The third-order valence-corrected chi connectivity index (χ3v) is 6.12. The standard InChI is InChI=1S/C34H28O2/c1-35-33-21-9-8-17-29(33)23-22-26-14-10-18-30(24-26)32-20-11-19-31(28-15-6-3-7-16-28)34(32)36-25-27-12-4-2-5-13-27/h2-24H,25H2,1H3. The van der Waals surface area contributed by atoms with Crippen molar-refractivity contribution in [2.75, 3.05) is 7.11 Å². The van der Waals surface area contributed by atoms with Crippen LogP contribution in [0.3, 0.4) is 0 Å². The first-order chi connectivity index (χ1) is 17.8. The molecule has 176 valence electrons. The molecule has 0 radical (unpaired) electrons. The van der Waals surface area contributed by atoms with Crippen molar-refractivity contribution in [1.82, 2.24) is 0 Å². The fourth-order valence-corrected chi connectivity index (χ4v) is 4.29. The predicted octanol–water partition coefficient (Wildman–Crippen LogP) is 8.78. The number of benzene rings is 5. The molecule has 0 saturated carbocycles. The molecule has 5 aromatic carbocycles. The Hall–Kier alpha value is -4.56. The summed E-state index contributed by atoms with van der Waals surface area (Å²) in [5.74, 6) is 1.75. The van der Waals surface area contributed by atoms with Gasteiger partial charge in [0.15, 0.2) is 0 Å². The minimum Gasteiger partial charge on any atom is -0.496 e. The zero-order valence-electron chi connectivity index (χ0n) is 20.3. The van der Waals surface area contributed by atoms with E-state index in [1.807, 2.05) is 42.5 Å². The summed E-state index contributed by atoms with van der Waals surface area (Å²) in [6.07, 6.45) is 4.21. The van der Waals surface area contributed by atoms with E-state index in [0.717, 1.165) is 50.4 Å². The summed E-state index contributed by atoms with van der Waals surface area (Å²) in [7, 11) is 1.70. The molecule has 0 N–H and O–H groups in total. The minimum atomic E-state index is 0.505. The zero-order chi connectivity index (χ0) is 24.6. The summed E-state index contributed by atoms with van der Waals surface area (Å²) in [5.41, 5.74) is 7.69. The van der Waals surface area contributed by atoms with Crippen LogP contribution in [0.4, 0.5) is 0 Å². The lowest BCUT2D eigenvalue weighted by molar-refractivity contribution is 0.309. The number of para-hydroxylation sites is 2. The van der Waals surface area contributed by atoms with Gasteiger partial charge in [-0.1, -0.05) is 127 Å². The van der Waals surface area contributed by atoms with Gasteiger partial charge in [-0.25, -0.2) is 0 Å². The van der Waals surface area contributed by atoms with Gasteiger partial charge < -0.3 is 9.47 Å². The van der Waals surface area contributed by atoms with Crippen LogP contribution in [-0.4, -0.2) is 7.11 Å². The predicted molar refractivity (Wildman–Crippen MR) is 150 cm³/mol. The number of hydrogen-bond acceptors (Lipinski definition) is 2. The highest BCUT2D eigenvalue weighted by molar-refractivity contribution is 5.84. The molecule has 2 heteroatoms. The lowest BCUT2D eigenvalue weighted by Gasteiger charge is -2.17. The quantitative estimate of drug-likeness (QED) is 0.212. The lowest BCUT2D eigenvalue weighted by atomic mass is 9.96. The second-order valence-corrected chi connectivity index (χ2v) is 8.52. The molecule has 0 unspecified atom stereocenters. The maximum atomic E-state index is 6.53. The Morgan fingerprint density at radius 1 is 0.583 bits per heavy atom. The Kier molecular flexibility index (Phi) is 7.24. The SMILES string of the molecule is COc1ccccc1C=Cc1cccc(-c2cccc(-c3ccccc3)c2OCc2ccccc2)c1. The first kappa shape index (κ1) is 23.2. The highest BCUT2D eigenvalue weighted by Crippen LogP contribution is 2.40. The van der Waals surface area contributed by atoms with Gasteiger partial charge in [0.25, 0.3) is 0 Å². The van der Waals surface area contributed by atoms with Gasteiger partial charge in [-0.05, 0) is 34.4 Å². The fourth-order valence-electron chi connectivity index (χ4n) is 4.29. The van der Waals surface area contributed by atoms with Crippen LogP contribution in [0.15, 0.2) is 127 Å². The van der Waals surface area contributed by atoms with E-state index in [-0.39, 0.29) is 0 Å². The first-order valence-corrected chi connectivity index (χ1v) is 12.1. The molecule has 0 aliphatic heterocycles. The Morgan fingerprint density at radius 3 is 2.00 bits per heavy atom. The second kappa shape index (κ2) is 11.2. The molecule has 0 bridgehead atoms. The largest absolute Gasteiger partial charge is 0.496 e. The van der Waals surface area contributed by atoms with Gasteiger partial charge in [0, 0.05) is 16.7 Å².